The molecule has 0 atom stereocenters. The van der Waals surface area contributed by atoms with Crippen molar-refractivity contribution in [3.63, 3.8) is 0 Å². The van der Waals surface area contributed by atoms with Crippen LogP contribution in [0.25, 0.3) is 11.5 Å². The predicted octanol–water partition coefficient (Wildman–Crippen LogP) is 0.747. The van der Waals surface area contributed by atoms with Crippen molar-refractivity contribution in [1.29, 1.82) is 0 Å². The normalized spacial score (nSPS) is 10.0. The van der Waals surface area contributed by atoms with Gasteiger partial charge in [-0.05, 0) is 34.7 Å². The van der Waals surface area contributed by atoms with Crippen LogP contribution in [0.3, 0.4) is 0 Å². The van der Waals surface area contributed by atoms with E-state index in [9.17, 15) is 4.79 Å². The summed E-state index contributed by atoms with van der Waals surface area (Å²) in [5.74, 6) is 5.05. The highest BCUT2D eigenvalue weighted by molar-refractivity contribution is 14.1. The van der Waals surface area contributed by atoms with Crippen LogP contribution in [0.2, 0.25) is 0 Å². The number of amides is 1. The number of pyridine rings is 1. The summed E-state index contributed by atoms with van der Waals surface area (Å²) >= 11 is 2.18. The lowest BCUT2D eigenvalue weighted by molar-refractivity contribution is 0.0953. The number of nitrogens with two attached hydrogens (primary N) is 1. The third-order valence-corrected chi connectivity index (χ3v) is 2.67. The Morgan fingerprint density at radius 1 is 1.29 bits per heavy atom. The van der Waals surface area contributed by atoms with Crippen molar-refractivity contribution >= 4 is 28.5 Å². The highest BCUT2D eigenvalue weighted by atomic mass is 127. The summed E-state index contributed by atoms with van der Waals surface area (Å²) in [6.45, 7) is 0. The smallest absolute Gasteiger partial charge is 0.268 e. The molecule has 17 heavy (non-hydrogen) atoms. The van der Waals surface area contributed by atoms with Crippen molar-refractivity contribution in [3.8, 4) is 11.5 Å². The summed E-state index contributed by atoms with van der Waals surface area (Å²) in [4.78, 5) is 23.5. The van der Waals surface area contributed by atoms with E-state index < -0.39 is 5.91 Å². The summed E-state index contributed by atoms with van der Waals surface area (Å²) in [6, 6.07) is 3.73. The minimum atomic E-state index is -0.424. The standard InChI is InChI=1S/C10H8IN5O/c11-7-1-2-13-8(3-7)9-14-4-6(5-15-9)10(17)16-12/h1-5H,12H2,(H,16,17). The SMILES string of the molecule is NNC(=O)c1cnc(-c2cc(I)ccn2)nc1. The van der Waals surface area contributed by atoms with Crippen LogP contribution in [0.5, 0.6) is 0 Å². The number of nitrogens with zero attached hydrogens (tertiary/aromatic N) is 3. The molecule has 3 N–H and O–H groups in total. The molecule has 0 saturated heterocycles. The second-order valence-electron chi connectivity index (χ2n) is 3.13. The molecule has 0 aliphatic heterocycles. The van der Waals surface area contributed by atoms with Gasteiger partial charge in [-0.3, -0.25) is 15.2 Å². The molecule has 0 radical (unpaired) electrons. The number of rotatable bonds is 2. The fourth-order valence-electron chi connectivity index (χ4n) is 1.19. The number of hydrazine groups is 1. The molecule has 86 valence electrons. The molecule has 1 amide bonds. The van der Waals surface area contributed by atoms with Gasteiger partial charge in [0.2, 0.25) is 0 Å². The summed E-state index contributed by atoms with van der Waals surface area (Å²) in [5.41, 5.74) is 2.98. The van der Waals surface area contributed by atoms with Gasteiger partial charge in [0.15, 0.2) is 5.82 Å². The maximum absolute atomic E-state index is 11.2. The molecule has 0 saturated carbocycles. The number of nitrogens with one attached hydrogen (secondary N) is 1. The van der Waals surface area contributed by atoms with E-state index in [0.717, 1.165) is 3.57 Å². The molecule has 0 spiro atoms. The van der Waals surface area contributed by atoms with Crippen molar-refractivity contribution in [2.24, 2.45) is 5.84 Å². The Bertz CT molecular complexity index is 543. The number of halogens is 1. The van der Waals surface area contributed by atoms with Gasteiger partial charge in [-0.25, -0.2) is 15.8 Å². The monoisotopic (exact) mass is 341 g/mol. The Labute approximate surface area is 111 Å². The molecule has 0 fully saturated rings. The van der Waals surface area contributed by atoms with Crippen LogP contribution < -0.4 is 11.3 Å². The molecule has 2 aromatic rings. The first-order chi connectivity index (χ1) is 8.20. The van der Waals surface area contributed by atoms with Crippen molar-refractivity contribution in [3.05, 3.63) is 39.9 Å². The van der Waals surface area contributed by atoms with Crippen LogP contribution in [0.4, 0.5) is 0 Å². The number of hydrogen-bond donors (Lipinski definition) is 2. The highest BCUT2D eigenvalue weighted by Crippen LogP contribution is 2.14. The summed E-state index contributed by atoms with van der Waals surface area (Å²) < 4.78 is 1.04. The molecule has 2 aromatic heterocycles. The Morgan fingerprint density at radius 2 is 2.00 bits per heavy atom. The first-order valence-corrected chi connectivity index (χ1v) is 5.73. The molecule has 6 nitrogen and oxygen atoms in total. The van der Waals surface area contributed by atoms with Crippen LogP contribution in [-0.4, -0.2) is 20.9 Å². The molecule has 0 aliphatic carbocycles. The van der Waals surface area contributed by atoms with E-state index in [1.807, 2.05) is 17.6 Å². The number of nitrogen functional groups attached to an aromatic ring is 1. The molecular formula is C10H8IN5O. The number of hydrogen-bond acceptors (Lipinski definition) is 5. The number of carbonyl (C=O) groups excluding carboxylic acids is 1. The van der Waals surface area contributed by atoms with Gasteiger partial charge in [-0.2, -0.15) is 0 Å². The van der Waals surface area contributed by atoms with Gasteiger partial charge < -0.3 is 0 Å². The van der Waals surface area contributed by atoms with Gasteiger partial charge in [0, 0.05) is 22.2 Å². The largest absolute Gasteiger partial charge is 0.290 e. The zero-order chi connectivity index (χ0) is 12.3. The average Bonchev–Trinajstić information content (AvgIpc) is 2.38. The van der Waals surface area contributed by atoms with Gasteiger partial charge in [0.05, 0.1) is 5.56 Å². The molecule has 0 aromatic carbocycles. The number of aromatic nitrogens is 3. The van der Waals surface area contributed by atoms with E-state index >= 15 is 0 Å². The fourth-order valence-corrected chi connectivity index (χ4v) is 1.64. The third-order valence-electron chi connectivity index (χ3n) is 2.00. The van der Waals surface area contributed by atoms with Crippen molar-refractivity contribution < 1.29 is 4.79 Å². The van der Waals surface area contributed by atoms with Crippen molar-refractivity contribution in [1.82, 2.24) is 20.4 Å². The van der Waals surface area contributed by atoms with Crippen molar-refractivity contribution in [2.45, 2.75) is 0 Å². The Balaban J connectivity index is 2.32. The molecule has 2 rings (SSSR count). The lowest BCUT2D eigenvalue weighted by Crippen LogP contribution is -2.30. The van der Waals surface area contributed by atoms with Gasteiger partial charge in [0.1, 0.15) is 5.69 Å². The average molecular weight is 341 g/mol. The Morgan fingerprint density at radius 3 is 2.59 bits per heavy atom. The molecule has 0 bridgehead atoms. The topological polar surface area (TPSA) is 93.8 Å². The zero-order valence-corrected chi connectivity index (χ0v) is 10.7. The Kier molecular flexibility index (Phi) is 3.59. The zero-order valence-electron chi connectivity index (χ0n) is 8.59. The lowest BCUT2D eigenvalue weighted by Gasteiger charge is -2.01. The van der Waals surface area contributed by atoms with Crippen LogP contribution in [0, 0.1) is 3.57 Å². The fraction of sp³-hybridized carbons (Fsp3) is 0. The molecule has 0 unspecified atom stereocenters. The van der Waals surface area contributed by atoms with Gasteiger partial charge in [0.25, 0.3) is 5.91 Å². The van der Waals surface area contributed by atoms with Gasteiger partial charge in [-0.1, -0.05) is 0 Å². The quantitative estimate of drug-likeness (QED) is 0.364. The van der Waals surface area contributed by atoms with E-state index in [1.54, 1.807) is 6.20 Å². The first-order valence-electron chi connectivity index (χ1n) is 4.65. The minimum absolute atomic E-state index is 0.307. The van der Waals surface area contributed by atoms with E-state index in [0.29, 0.717) is 17.1 Å². The summed E-state index contributed by atoms with van der Waals surface area (Å²) in [5, 5.41) is 0. The highest BCUT2D eigenvalue weighted by Gasteiger charge is 2.07. The maximum atomic E-state index is 11.2. The molecule has 7 heteroatoms. The lowest BCUT2D eigenvalue weighted by atomic mass is 10.3. The molecule has 2 heterocycles. The Hall–Kier alpha value is -1.61. The maximum Gasteiger partial charge on any atom is 0.268 e. The van der Waals surface area contributed by atoms with E-state index in [1.165, 1.54) is 12.4 Å². The second kappa shape index (κ2) is 5.15. The number of carbonyl (C=O) groups is 1. The van der Waals surface area contributed by atoms with Crippen LogP contribution in [-0.2, 0) is 0 Å². The van der Waals surface area contributed by atoms with Gasteiger partial charge >= 0.3 is 0 Å². The summed E-state index contributed by atoms with van der Waals surface area (Å²) in [7, 11) is 0. The first kappa shape index (κ1) is 11.9. The predicted molar refractivity (Wildman–Crippen MR) is 69.6 cm³/mol. The second-order valence-corrected chi connectivity index (χ2v) is 4.37. The van der Waals surface area contributed by atoms with Crippen LogP contribution in [0.1, 0.15) is 10.4 Å². The molecule has 0 aliphatic rings. The van der Waals surface area contributed by atoms with Crippen LogP contribution >= 0.6 is 22.6 Å². The summed E-state index contributed by atoms with van der Waals surface area (Å²) in [6.07, 6.45) is 4.50. The van der Waals surface area contributed by atoms with Crippen LogP contribution in [0.15, 0.2) is 30.7 Å². The minimum Gasteiger partial charge on any atom is -0.290 e. The molecular weight excluding hydrogens is 333 g/mol. The van der Waals surface area contributed by atoms with E-state index in [2.05, 4.69) is 37.5 Å². The van der Waals surface area contributed by atoms with E-state index in [4.69, 9.17) is 5.84 Å². The van der Waals surface area contributed by atoms with Crippen molar-refractivity contribution in [2.75, 3.05) is 0 Å². The van der Waals surface area contributed by atoms with Gasteiger partial charge in [-0.15, -0.1) is 0 Å². The third kappa shape index (κ3) is 2.74. The van der Waals surface area contributed by atoms with E-state index in [-0.39, 0.29) is 0 Å².